The van der Waals surface area contributed by atoms with Gasteiger partial charge in [0.25, 0.3) is 0 Å². The third kappa shape index (κ3) is 3.01. The monoisotopic (exact) mass is 255 g/mol. The predicted octanol–water partition coefficient (Wildman–Crippen LogP) is 2.49. The molecule has 2 aromatic heterocycles. The maximum atomic E-state index is 10.00. The van der Waals surface area contributed by atoms with Crippen LogP contribution >= 0.6 is 0 Å². The maximum absolute atomic E-state index is 10.00. The summed E-state index contributed by atoms with van der Waals surface area (Å²) in [6.07, 6.45) is 4.99. The molecular formula is C15H17N3O. The number of aromatic nitrogens is 2. The molecule has 0 aromatic carbocycles. The minimum Gasteiger partial charge on any atom is -0.388 e. The topological polar surface area (TPSA) is 61.8 Å². The van der Waals surface area contributed by atoms with Crippen molar-refractivity contribution in [2.24, 2.45) is 5.92 Å². The van der Waals surface area contributed by atoms with E-state index in [0.717, 1.165) is 11.1 Å². The Morgan fingerprint density at radius 3 is 2.89 bits per heavy atom. The third-order valence-electron chi connectivity index (χ3n) is 3.10. The Bertz CT molecular complexity index is 595. The first-order valence-corrected chi connectivity index (χ1v) is 6.29. The van der Waals surface area contributed by atoms with E-state index in [-0.39, 0.29) is 5.92 Å². The van der Waals surface area contributed by atoms with Crippen LogP contribution in [0.5, 0.6) is 0 Å². The second-order valence-corrected chi connectivity index (χ2v) is 4.93. The number of pyridine rings is 1. The highest BCUT2D eigenvalue weighted by Gasteiger charge is 2.13. The van der Waals surface area contributed by atoms with Crippen molar-refractivity contribution in [2.75, 3.05) is 0 Å². The van der Waals surface area contributed by atoms with Crippen molar-refractivity contribution in [3.8, 4) is 6.07 Å². The second kappa shape index (κ2) is 5.68. The molecule has 98 valence electrons. The minimum absolute atomic E-state index is 0.184. The van der Waals surface area contributed by atoms with E-state index in [1.54, 1.807) is 6.20 Å². The summed E-state index contributed by atoms with van der Waals surface area (Å²) in [5.41, 5.74) is 2.23. The number of hydrogen-bond donors (Lipinski definition) is 1. The van der Waals surface area contributed by atoms with Crippen LogP contribution < -0.4 is 0 Å². The van der Waals surface area contributed by atoms with E-state index in [4.69, 9.17) is 5.26 Å². The van der Waals surface area contributed by atoms with Gasteiger partial charge in [-0.25, -0.2) is 4.98 Å². The Balaban J connectivity index is 2.19. The van der Waals surface area contributed by atoms with Gasteiger partial charge >= 0.3 is 0 Å². The molecule has 0 saturated heterocycles. The zero-order valence-corrected chi connectivity index (χ0v) is 11.1. The summed E-state index contributed by atoms with van der Waals surface area (Å²) in [6, 6.07) is 7.72. The number of aliphatic hydroxyl groups excluding tert-OH is 1. The lowest BCUT2D eigenvalue weighted by atomic mass is 10.0. The van der Waals surface area contributed by atoms with Crippen LogP contribution in [0.15, 0.2) is 36.8 Å². The molecule has 2 rings (SSSR count). The smallest absolute Gasteiger partial charge is 0.145 e. The molecule has 2 aromatic rings. The van der Waals surface area contributed by atoms with Crippen molar-refractivity contribution in [1.82, 2.24) is 9.55 Å². The van der Waals surface area contributed by atoms with Crippen LogP contribution in [0.3, 0.4) is 0 Å². The molecule has 1 N–H and O–H groups in total. The van der Waals surface area contributed by atoms with E-state index in [2.05, 4.69) is 11.1 Å². The molecule has 19 heavy (non-hydrogen) atoms. The van der Waals surface area contributed by atoms with E-state index in [0.29, 0.717) is 12.2 Å². The normalized spacial score (nSPS) is 12.4. The summed E-state index contributed by atoms with van der Waals surface area (Å²) in [5.74, 6) is 0.184. The lowest BCUT2D eigenvalue weighted by Crippen LogP contribution is -2.05. The van der Waals surface area contributed by atoms with Crippen molar-refractivity contribution in [2.45, 2.75) is 26.5 Å². The summed E-state index contributed by atoms with van der Waals surface area (Å²) in [7, 11) is 0. The fraction of sp³-hybridized carbons (Fsp3) is 0.333. The van der Waals surface area contributed by atoms with Crippen LogP contribution in [0, 0.1) is 17.2 Å². The lowest BCUT2D eigenvalue weighted by molar-refractivity contribution is 0.127. The highest BCUT2D eigenvalue weighted by Crippen LogP contribution is 2.21. The SMILES string of the molecule is CC(C)C(O)c1ccn(Cc2cccnc2C#N)c1. The Kier molecular flexibility index (Phi) is 3.98. The molecule has 2 heterocycles. The van der Waals surface area contributed by atoms with Crippen molar-refractivity contribution in [3.05, 3.63) is 53.6 Å². The van der Waals surface area contributed by atoms with Crippen molar-refractivity contribution in [3.63, 3.8) is 0 Å². The standard InChI is InChI=1S/C15H17N3O/c1-11(2)15(19)13-5-7-18(10-13)9-12-4-3-6-17-14(12)8-16/h3-7,10-11,15,19H,9H2,1-2H3. The number of nitriles is 1. The van der Waals surface area contributed by atoms with Gasteiger partial charge in [-0.3, -0.25) is 0 Å². The molecule has 1 atom stereocenters. The van der Waals surface area contributed by atoms with Crippen LogP contribution in [-0.2, 0) is 6.54 Å². The highest BCUT2D eigenvalue weighted by molar-refractivity contribution is 5.31. The first-order valence-electron chi connectivity index (χ1n) is 6.29. The molecular weight excluding hydrogens is 238 g/mol. The van der Waals surface area contributed by atoms with E-state index in [1.807, 2.05) is 49.0 Å². The van der Waals surface area contributed by atoms with Crippen molar-refractivity contribution in [1.29, 1.82) is 5.26 Å². The first-order chi connectivity index (χ1) is 9.11. The summed E-state index contributed by atoms with van der Waals surface area (Å²) < 4.78 is 1.96. The van der Waals surface area contributed by atoms with Crippen LogP contribution in [-0.4, -0.2) is 14.7 Å². The lowest BCUT2D eigenvalue weighted by Gasteiger charge is -2.12. The van der Waals surface area contributed by atoms with Gasteiger partial charge in [0.05, 0.1) is 6.10 Å². The van der Waals surface area contributed by atoms with E-state index < -0.39 is 6.10 Å². The molecule has 0 fully saturated rings. The zero-order chi connectivity index (χ0) is 13.8. The molecule has 0 spiro atoms. The van der Waals surface area contributed by atoms with Gasteiger partial charge in [-0.15, -0.1) is 0 Å². The molecule has 0 aliphatic rings. The van der Waals surface area contributed by atoms with Crippen molar-refractivity contribution < 1.29 is 5.11 Å². The quantitative estimate of drug-likeness (QED) is 0.913. The maximum Gasteiger partial charge on any atom is 0.145 e. The molecule has 0 saturated carbocycles. The number of rotatable bonds is 4. The minimum atomic E-state index is -0.453. The molecule has 0 radical (unpaired) electrons. The van der Waals surface area contributed by atoms with Gasteiger partial charge < -0.3 is 9.67 Å². The van der Waals surface area contributed by atoms with Gasteiger partial charge in [0.2, 0.25) is 0 Å². The molecule has 0 aliphatic heterocycles. The number of nitrogens with zero attached hydrogens (tertiary/aromatic N) is 3. The molecule has 0 aliphatic carbocycles. The highest BCUT2D eigenvalue weighted by atomic mass is 16.3. The fourth-order valence-corrected chi connectivity index (χ4v) is 1.98. The summed E-state index contributed by atoms with van der Waals surface area (Å²) in [6.45, 7) is 4.55. The zero-order valence-electron chi connectivity index (χ0n) is 11.1. The van der Waals surface area contributed by atoms with Crippen LogP contribution in [0.2, 0.25) is 0 Å². The van der Waals surface area contributed by atoms with Gasteiger partial charge in [0.1, 0.15) is 11.8 Å². The average molecular weight is 255 g/mol. The third-order valence-corrected chi connectivity index (χ3v) is 3.10. The Hall–Kier alpha value is -2.12. The molecule has 4 nitrogen and oxygen atoms in total. The molecule has 0 bridgehead atoms. The van der Waals surface area contributed by atoms with Crippen LogP contribution in [0.25, 0.3) is 0 Å². The second-order valence-electron chi connectivity index (χ2n) is 4.93. The van der Waals surface area contributed by atoms with Gasteiger partial charge in [-0.1, -0.05) is 19.9 Å². The summed E-state index contributed by atoms with van der Waals surface area (Å²) >= 11 is 0. The predicted molar refractivity (Wildman–Crippen MR) is 72.3 cm³/mol. The van der Waals surface area contributed by atoms with Crippen molar-refractivity contribution >= 4 is 0 Å². The average Bonchev–Trinajstić information content (AvgIpc) is 2.87. The van der Waals surface area contributed by atoms with Gasteiger partial charge in [0.15, 0.2) is 0 Å². The molecule has 4 heteroatoms. The molecule has 0 amide bonds. The Labute approximate surface area is 113 Å². The molecule has 1 unspecified atom stereocenters. The largest absolute Gasteiger partial charge is 0.388 e. The Morgan fingerprint density at radius 1 is 1.42 bits per heavy atom. The first kappa shape index (κ1) is 13.3. The van der Waals surface area contributed by atoms with E-state index in [1.165, 1.54) is 0 Å². The van der Waals surface area contributed by atoms with Crippen LogP contribution in [0.1, 0.15) is 36.8 Å². The number of aliphatic hydroxyl groups is 1. The van der Waals surface area contributed by atoms with Gasteiger partial charge in [0, 0.05) is 30.7 Å². The summed E-state index contributed by atoms with van der Waals surface area (Å²) in [4.78, 5) is 4.04. The van der Waals surface area contributed by atoms with Gasteiger partial charge in [-0.05, 0) is 23.6 Å². The Morgan fingerprint density at radius 2 is 2.21 bits per heavy atom. The van der Waals surface area contributed by atoms with Gasteiger partial charge in [-0.2, -0.15) is 5.26 Å². The van der Waals surface area contributed by atoms with E-state index >= 15 is 0 Å². The van der Waals surface area contributed by atoms with E-state index in [9.17, 15) is 5.11 Å². The summed E-state index contributed by atoms with van der Waals surface area (Å²) in [5, 5.41) is 19.0. The van der Waals surface area contributed by atoms with Crippen LogP contribution in [0.4, 0.5) is 0 Å². The fourth-order valence-electron chi connectivity index (χ4n) is 1.98. The number of hydrogen-bond acceptors (Lipinski definition) is 3.